The van der Waals surface area contributed by atoms with Gasteiger partial charge in [0.05, 0.1) is 5.56 Å². The second-order valence-electron chi connectivity index (χ2n) is 4.87. The zero-order valence-electron chi connectivity index (χ0n) is 11.6. The molecule has 110 valence electrons. The highest BCUT2D eigenvalue weighted by molar-refractivity contribution is 14.1. The van der Waals surface area contributed by atoms with E-state index >= 15 is 0 Å². The monoisotopic (exact) mass is 390 g/mol. The molecule has 0 aliphatic carbocycles. The van der Waals surface area contributed by atoms with Crippen molar-refractivity contribution in [2.75, 3.05) is 13.1 Å². The van der Waals surface area contributed by atoms with Gasteiger partial charge in [0, 0.05) is 23.1 Å². The van der Waals surface area contributed by atoms with Crippen LogP contribution in [0.1, 0.15) is 30.6 Å². The second-order valence-corrected chi connectivity index (χ2v) is 6.11. The summed E-state index contributed by atoms with van der Waals surface area (Å²) >= 11 is 2.07. The first-order valence-corrected chi connectivity index (χ1v) is 7.51. The lowest BCUT2D eigenvalue weighted by Gasteiger charge is -2.09. The standard InChI is InChI=1S/C14H19IN2O3/c1-9(2)8-17-13(19)5-6-16-14(20)11-7-10(15)3-4-12(11)18/h3-4,7,9,18H,5-6,8H2,1-2H3,(H,16,20)(H,17,19). The molecule has 0 aliphatic heterocycles. The molecule has 0 saturated heterocycles. The second kappa shape index (κ2) is 8.08. The van der Waals surface area contributed by atoms with E-state index in [0.29, 0.717) is 12.5 Å². The summed E-state index contributed by atoms with van der Waals surface area (Å²) in [5, 5.41) is 15.0. The molecule has 0 aromatic heterocycles. The minimum Gasteiger partial charge on any atom is -0.507 e. The Morgan fingerprint density at radius 3 is 2.65 bits per heavy atom. The van der Waals surface area contributed by atoms with Gasteiger partial charge >= 0.3 is 0 Å². The first kappa shape index (κ1) is 16.7. The predicted octanol–water partition coefficient (Wildman–Crippen LogP) is 1.89. The van der Waals surface area contributed by atoms with Crippen molar-refractivity contribution in [2.24, 2.45) is 5.92 Å². The van der Waals surface area contributed by atoms with Gasteiger partial charge in [0.25, 0.3) is 5.91 Å². The maximum absolute atomic E-state index is 11.9. The number of aromatic hydroxyl groups is 1. The Balaban J connectivity index is 2.40. The normalized spacial score (nSPS) is 10.4. The van der Waals surface area contributed by atoms with E-state index in [1.54, 1.807) is 12.1 Å². The van der Waals surface area contributed by atoms with Crippen molar-refractivity contribution in [1.82, 2.24) is 10.6 Å². The molecular weight excluding hydrogens is 371 g/mol. The smallest absolute Gasteiger partial charge is 0.255 e. The van der Waals surface area contributed by atoms with Crippen LogP contribution in [0.15, 0.2) is 18.2 Å². The molecule has 0 unspecified atom stereocenters. The molecule has 0 heterocycles. The van der Waals surface area contributed by atoms with E-state index in [-0.39, 0.29) is 36.1 Å². The third kappa shape index (κ3) is 5.77. The number of rotatable bonds is 6. The van der Waals surface area contributed by atoms with Crippen molar-refractivity contribution in [3.8, 4) is 5.75 Å². The summed E-state index contributed by atoms with van der Waals surface area (Å²) in [4.78, 5) is 23.3. The highest BCUT2D eigenvalue weighted by Gasteiger charge is 2.11. The topological polar surface area (TPSA) is 78.4 Å². The third-order valence-corrected chi connectivity index (χ3v) is 3.22. The molecule has 0 spiro atoms. The number of carbonyl (C=O) groups is 2. The summed E-state index contributed by atoms with van der Waals surface area (Å²) in [6, 6.07) is 4.79. The Morgan fingerprint density at radius 2 is 2.00 bits per heavy atom. The molecule has 0 bridgehead atoms. The first-order chi connectivity index (χ1) is 9.40. The van der Waals surface area contributed by atoms with Crippen molar-refractivity contribution < 1.29 is 14.7 Å². The van der Waals surface area contributed by atoms with Gasteiger partial charge in [-0.15, -0.1) is 0 Å². The van der Waals surface area contributed by atoms with Crippen molar-refractivity contribution in [3.05, 3.63) is 27.3 Å². The van der Waals surface area contributed by atoms with Crippen LogP contribution in [0.5, 0.6) is 5.75 Å². The fourth-order valence-corrected chi connectivity index (χ4v) is 1.97. The van der Waals surface area contributed by atoms with Crippen LogP contribution in [-0.4, -0.2) is 30.0 Å². The highest BCUT2D eigenvalue weighted by atomic mass is 127. The molecule has 1 rings (SSSR count). The minimum atomic E-state index is -0.377. The maximum atomic E-state index is 11.9. The molecule has 0 saturated carbocycles. The van der Waals surface area contributed by atoms with Crippen LogP contribution in [0.4, 0.5) is 0 Å². The molecule has 1 aromatic rings. The van der Waals surface area contributed by atoms with Crippen LogP contribution < -0.4 is 10.6 Å². The average Bonchev–Trinajstić information content (AvgIpc) is 2.39. The summed E-state index contributed by atoms with van der Waals surface area (Å²) in [5.74, 6) is -0.132. The van der Waals surface area contributed by atoms with Crippen molar-refractivity contribution in [1.29, 1.82) is 0 Å². The number of amides is 2. The van der Waals surface area contributed by atoms with Crippen LogP contribution in [0.3, 0.4) is 0 Å². The number of halogens is 1. The van der Waals surface area contributed by atoms with Gasteiger partial charge in [0.2, 0.25) is 5.91 Å². The van der Waals surface area contributed by atoms with Crippen LogP contribution in [-0.2, 0) is 4.79 Å². The van der Waals surface area contributed by atoms with Crippen molar-refractivity contribution in [2.45, 2.75) is 20.3 Å². The quantitative estimate of drug-likeness (QED) is 0.650. The molecule has 0 radical (unpaired) electrons. The lowest BCUT2D eigenvalue weighted by molar-refractivity contribution is -0.121. The Morgan fingerprint density at radius 1 is 1.30 bits per heavy atom. The average molecular weight is 390 g/mol. The molecule has 0 fully saturated rings. The van der Waals surface area contributed by atoms with E-state index in [9.17, 15) is 14.7 Å². The van der Waals surface area contributed by atoms with Crippen LogP contribution >= 0.6 is 22.6 Å². The molecule has 20 heavy (non-hydrogen) atoms. The summed E-state index contributed by atoms with van der Waals surface area (Å²) in [5.41, 5.74) is 0.222. The van der Waals surface area contributed by atoms with Crippen molar-refractivity contribution >= 4 is 34.4 Å². The van der Waals surface area contributed by atoms with E-state index in [2.05, 4.69) is 33.2 Å². The predicted molar refractivity (Wildman–Crippen MR) is 85.6 cm³/mol. The van der Waals surface area contributed by atoms with Gasteiger partial charge < -0.3 is 15.7 Å². The molecule has 5 nitrogen and oxygen atoms in total. The Hall–Kier alpha value is -1.31. The van der Waals surface area contributed by atoms with Gasteiger partial charge in [-0.25, -0.2) is 0 Å². The van der Waals surface area contributed by atoms with Crippen LogP contribution in [0, 0.1) is 9.49 Å². The van der Waals surface area contributed by atoms with E-state index in [1.165, 1.54) is 6.07 Å². The van der Waals surface area contributed by atoms with E-state index in [0.717, 1.165) is 3.57 Å². The van der Waals surface area contributed by atoms with E-state index in [4.69, 9.17) is 0 Å². The lowest BCUT2D eigenvalue weighted by Crippen LogP contribution is -2.32. The molecule has 0 atom stereocenters. The SMILES string of the molecule is CC(C)CNC(=O)CCNC(=O)c1cc(I)ccc1O. The van der Waals surface area contributed by atoms with Gasteiger partial charge in [-0.1, -0.05) is 13.8 Å². The maximum Gasteiger partial charge on any atom is 0.255 e. The largest absolute Gasteiger partial charge is 0.507 e. The fraction of sp³-hybridized carbons (Fsp3) is 0.429. The molecular formula is C14H19IN2O3. The number of phenols is 1. The number of carbonyl (C=O) groups excluding carboxylic acids is 2. The zero-order valence-corrected chi connectivity index (χ0v) is 13.7. The molecule has 2 amide bonds. The van der Waals surface area contributed by atoms with Gasteiger partial charge in [-0.05, 0) is 46.7 Å². The number of hydrogen-bond acceptors (Lipinski definition) is 3. The van der Waals surface area contributed by atoms with E-state index < -0.39 is 0 Å². The van der Waals surface area contributed by atoms with Crippen molar-refractivity contribution in [3.63, 3.8) is 0 Å². The minimum absolute atomic E-state index is 0.0628. The first-order valence-electron chi connectivity index (χ1n) is 6.43. The zero-order chi connectivity index (χ0) is 15.1. The number of phenolic OH excluding ortho intramolecular Hbond substituents is 1. The molecule has 0 aliphatic rings. The van der Waals surface area contributed by atoms with E-state index in [1.807, 2.05) is 13.8 Å². The van der Waals surface area contributed by atoms with Gasteiger partial charge in [-0.3, -0.25) is 9.59 Å². The number of hydrogen-bond donors (Lipinski definition) is 3. The fourth-order valence-electron chi connectivity index (χ4n) is 1.48. The Labute approximate surface area is 132 Å². The summed E-state index contributed by atoms with van der Waals surface area (Å²) in [6.07, 6.45) is 0.225. The lowest BCUT2D eigenvalue weighted by atomic mass is 10.2. The van der Waals surface area contributed by atoms with Crippen LogP contribution in [0.25, 0.3) is 0 Å². The Bertz CT molecular complexity index is 489. The summed E-state index contributed by atoms with van der Waals surface area (Å²) in [6.45, 7) is 4.90. The van der Waals surface area contributed by atoms with Crippen LogP contribution in [0.2, 0.25) is 0 Å². The third-order valence-electron chi connectivity index (χ3n) is 2.55. The Kier molecular flexibility index (Phi) is 6.77. The van der Waals surface area contributed by atoms with Gasteiger partial charge in [0.1, 0.15) is 5.75 Å². The van der Waals surface area contributed by atoms with Gasteiger partial charge in [-0.2, -0.15) is 0 Å². The summed E-state index contributed by atoms with van der Waals surface area (Å²) < 4.78 is 0.861. The molecule has 1 aromatic carbocycles. The number of nitrogens with one attached hydrogen (secondary N) is 2. The number of benzene rings is 1. The molecule has 6 heteroatoms. The highest BCUT2D eigenvalue weighted by Crippen LogP contribution is 2.19. The summed E-state index contributed by atoms with van der Waals surface area (Å²) in [7, 11) is 0. The molecule has 3 N–H and O–H groups in total. The van der Waals surface area contributed by atoms with Gasteiger partial charge in [0.15, 0.2) is 0 Å².